The largest absolute Gasteiger partial charge is 0.492 e. The first-order valence-electron chi connectivity index (χ1n) is 4.11. The van der Waals surface area contributed by atoms with E-state index in [2.05, 4.69) is 22.0 Å². The molecule has 3 heteroatoms. The standard InChI is InChI=1S/C10H12BrOS/c1-13-10-6-3-2-5-9(10)12-8-4-7-11/h2,5-6H,4,7-8H2,1H3. The SMILES string of the molecule is CSc1c[c]ccc1OCCCBr. The van der Waals surface area contributed by atoms with Crippen molar-refractivity contribution in [1.82, 2.24) is 0 Å². The van der Waals surface area contributed by atoms with E-state index in [-0.39, 0.29) is 0 Å². The molecule has 0 atom stereocenters. The lowest BCUT2D eigenvalue weighted by Gasteiger charge is -2.08. The number of benzene rings is 1. The van der Waals surface area contributed by atoms with Crippen LogP contribution in [-0.2, 0) is 0 Å². The Bertz CT molecular complexity index is 252. The first-order valence-corrected chi connectivity index (χ1v) is 6.46. The molecular formula is C10H12BrOS. The highest BCUT2D eigenvalue weighted by Gasteiger charge is 1.99. The molecule has 0 aromatic heterocycles. The zero-order chi connectivity index (χ0) is 9.52. The van der Waals surface area contributed by atoms with Gasteiger partial charge in [0.25, 0.3) is 0 Å². The second-order valence-corrected chi connectivity index (χ2v) is 4.11. The first kappa shape index (κ1) is 10.9. The van der Waals surface area contributed by atoms with Gasteiger partial charge in [0.2, 0.25) is 0 Å². The van der Waals surface area contributed by atoms with Gasteiger partial charge in [-0.1, -0.05) is 22.0 Å². The molecule has 1 radical (unpaired) electrons. The lowest BCUT2D eigenvalue weighted by Crippen LogP contribution is -1.98. The van der Waals surface area contributed by atoms with Gasteiger partial charge in [-0.05, 0) is 30.9 Å². The van der Waals surface area contributed by atoms with Crippen LogP contribution in [-0.4, -0.2) is 18.2 Å². The molecule has 13 heavy (non-hydrogen) atoms. The van der Waals surface area contributed by atoms with Crippen molar-refractivity contribution in [2.75, 3.05) is 18.2 Å². The van der Waals surface area contributed by atoms with Crippen molar-refractivity contribution in [2.24, 2.45) is 0 Å². The highest BCUT2D eigenvalue weighted by Crippen LogP contribution is 2.26. The van der Waals surface area contributed by atoms with Crippen LogP contribution in [0.3, 0.4) is 0 Å². The molecule has 0 N–H and O–H groups in total. The third-order valence-electron chi connectivity index (χ3n) is 1.54. The predicted molar refractivity (Wildman–Crippen MR) is 61.0 cm³/mol. The van der Waals surface area contributed by atoms with Crippen molar-refractivity contribution in [1.29, 1.82) is 0 Å². The summed E-state index contributed by atoms with van der Waals surface area (Å²) in [6, 6.07) is 8.82. The van der Waals surface area contributed by atoms with Crippen molar-refractivity contribution >= 4 is 27.7 Å². The summed E-state index contributed by atoms with van der Waals surface area (Å²) in [6.07, 6.45) is 3.08. The van der Waals surface area contributed by atoms with Crippen LogP contribution in [0.1, 0.15) is 6.42 Å². The fourth-order valence-electron chi connectivity index (χ4n) is 0.916. The minimum absolute atomic E-state index is 0.767. The zero-order valence-corrected chi connectivity index (χ0v) is 9.95. The molecule has 0 spiro atoms. The average Bonchev–Trinajstić information content (AvgIpc) is 2.19. The second kappa shape index (κ2) is 6.33. The Kier molecular flexibility index (Phi) is 5.32. The van der Waals surface area contributed by atoms with E-state index < -0.39 is 0 Å². The molecule has 0 amide bonds. The van der Waals surface area contributed by atoms with E-state index in [4.69, 9.17) is 4.74 Å². The number of halogens is 1. The molecule has 0 saturated heterocycles. The van der Waals surface area contributed by atoms with Crippen LogP contribution < -0.4 is 4.74 Å². The van der Waals surface area contributed by atoms with Crippen molar-refractivity contribution in [2.45, 2.75) is 11.3 Å². The van der Waals surface area contributed by atoms with Gasteiger partial charge in [0.15, 0.2) is 0 Å². The Hall–Kier alpha value is -0.150. The van der Waals surface area contributed by atoms with Gasteiger partial charge >= 0.3 is 0 Å². The van der Waals surface area contributed by atoms with E-state index in [1.807, 2.05) is 24.5 Å². The Labute approximate surface area is 92.0 Å². The molecular weight excluding hydrogens is 248 g/mol. The van der Waals surface area contributed by atoms with Crippen LogP contribution in [0.2, 0.25) is 0 Å². The van der Waals surface area contributed by atoms with Crippen LogP contribution in [0.5, 0.6) is 5.75 Å². The van der Waals surface area contributed by atoms with Gasteiger partial charge in [-0.15, -0.1) is 11.8 Å². The highest BCUT2D eigenvalue weighted by molar-refractivity contribution is 9.09. The molecule has 1 aromatic rings. The van der Waals surface area contributed by atoms with Gasteiger partial charge in [-0.3, -0.25) is 0 Å². The van der Waals surface area contributed by atoms with E-state index in [0.717, 1.165) is 29.0 Å². The van der Waals surface area contributed by atoms with Gasteiger partial charge in [-0.2, -0.15) is 0 Å². The van der Waals surface area contributed by atoms with Crippen LogP contribution in [0.25, 0.3) is 0 Å². The maximum absolute atomic E-state index is 5.60. The van der Waals surface area contributed by atoms with Gasteiger partial charge in [0, 0.05) is 10.2 Å². The third-order valence-corrected chi connectivity index (χ3v) is 2.86. The van der Waals surface area contributed by atoms with E-state index in [1.165, 1.54) is 0 Å². The van der Waals surface area contributed by atoms with E-state index in [0.29, 0.717) is 0 Å². The fraction of sp³-hybridized carbons (Fsp3) is 0.400. The second-order valence-electron chi connectivity index (χ2n) is 2.47. The van der Waals surface area contributed by atoms with Crippen molar-refractivity contribution in [3.8, 4) is 5.75 Å². The van der Waals surface area contributed by atoms with Gasteiger partial charge in [-0.25, -0.2) is 0 Å². The van der Waals surface area contributed by atoms with Crippen molar-refractivity contribution < 1.29 is 4.74 Å². The normalized spacial score (nSPS) is 10.0. The Balaban J connectivity index is 2.54. The summed E-state index contributed by atoms with van der Waals surface area (Å²) in [6.45, 7) is 0.767. The van der Waals surface area contributed by atoms with Crippen LogP contribution in [0.15, 0.2) is 23.1 Å². The lowest BCUT2D eigenvalue weighted by molar-refractivity contribution is 0.312. The van der Waals surface area contributed by atoms with Crippen LogP contribution in [0.4, 0.5) is 0 Å². The number of alkyl halides is 1. The van der Waals surface area contributed by atoms with Crippen molar-refractivity contribution in [3.05, 3.63) is 24.3 Å². The number of rotatable bonds is 5. The number of hydrogen-bond donors (Lipinski definition) is 0. The van der Waals surface area contributed by atoms with Crippen LogP contribution >= 0.6 is 27.7 Å². The molecule has 0 aliphatic carbocycles. The maximum atomic E-state index is 5.60. The molecule has 1 aromatic carbocycles. The lowest BCUT2D eigenvalue weighted by atomic mass is 10.3. The molecule has 0 aliphatic heterocycles. The van der Waals surface area contributed by atoms with Gasteiger partial charge < -0.3 is 4.74 Å². The van der Waals surface area contributed by atoms with E-state index in [1.54, 1.807) is 11.8 Å². The summed E-state index contributed by atoms with van der Waals surface area (Å²) in [4.78, 5) is 1.15. The maximum Gasteiger partial charge on any atom is 0.132 e. The monoisotopic (exact) mass is 259 g/mol. The summed E-state index contributed by atoms with van der Waals surface area (Å²) < 4.78 is 5.60. The Morgan fingerprint density at radius 1 is 1.62 bits per heavy atom. The molecule has 71 valence electrons. The molecule has 0 fully saturated rings. The number of thioether (sulfide) groups is 1. The first-order chi connectivity index (χ1) is 6.38. The van der Waals surface area contributed by atoms with Gasteiger partial charge in [0.05, 0.1) is 6.61 Å². The molecule has 0 aliphatic rings. The third kappa shape index (κ3) is 3.61. The topological polar surface area (TPSA) is 9.23 Å². The number of ether oxygens (including phenoxy) is 1. The minimum Gasteiger partial charge on any atom is -0.492 e. The molecule has 0 unspecified atom stereocenters. The number of hydrogen-bond acceptors (Lipinski definition) is 2. The quantitative estimate of drug-likeness (QED) is 0.456. The van der Waals surface area contributed by atoms with Crippen molar-refractivity contribution in [3.63, 3.8) is 0 Å². The van der Waals surface area contributed by atoms with Gasteiger partial charge in [0.1, 0.15) is 5.75 Å². The Morgan fingerprint density at radius 2 is 2.46 bits per heavy atom. The minimum atomic E-state index is 0.767. The predicted octanol–water partition coefficient (Wildman–Crippen LogP) is 3.37. The molecule has 0 bridgehead atoms. The smallest absolute Gasteiger partial charge is 0.132 e. The summed E-state index contributed by atoms with van der Waals surface area (Å²) in [5, 5.41) is 0.987. The Morgan fingerprint density at radius 3 is 3.15 bits per heavy atom. The molecule has 0 saturated carbocycles. The molecule has 1 nitrogen and oxygen atoms in total. The highest BCUT2D eigenvalue weighted by atomic mass is 79.9. The van der Waals surface area contributed by atoms with E-state index in [9.17, 15) is 0 Å². The fourth-order valence-corrected chi connectivity index (χ4v) is 1.66. The summed E-state index contributed by atoms with van der Waals surface area (Å²) in [5.41, 5.74) is 0. The summed E-state index contributed by atoms with van der Waals surface area (Å²) in [5.74, 6) is 0.965. The zero-order valence-electron chi connectivity index (χ0n) is 7.55. The summed E-state index contributed by atoms with van der Waals surface area (Å²) >= 11 is 5.05. The van der Waals surface area contributed by atoms with E-state index >= 15 is 0 Å². The average molecular weight is 260 g/mol. The van der Waals surface area contributed by atoms with Crippen LogP contribution in [0, 0.1) is 6.07 Å². The molecule has 1 rings (SSSR count). The summed E-state index contributed by atoms with van der Waals surface area (Å²) in [7, 11) is 0. The molecule has 0 heterocycles.